The highest BCUT2D eigenvalue weighted by molar-refractivity contribution is 8.19. The van der Waals surface area contributed by atoms with Gasteiger partial charge in [0.15, 0.2) is 0 Å². The zero-order valence-corrected chi connectivity index (χ0v) is 32.4. The van der Waals surface area contributed by atoms with E-state index < -0.39 is 0 Å². The quantitative estimate of drug-likeness (QED) is 0.0534. The largest absolute Gasteiger partial charge is 0.506 e. The molecule has 1 aromatic rings. The fourth-order valence-electron chi connectivity index (χ4n) is 6.70. The van der Waals surface area contributed by atoms with E-state index in [0.29, 0.717) is 16.3 Å². The van der Waals surface area contributed by atoms with Crippen molar-refractivity contribution >= 4 is 40.2 Å². The SMILES string of the molecule is CCCCCCCCCCCC[N+](CC)=C1C=N/C(=C2/C(=O)C(c3cnc(N(CCCCCCCC)CCCCCCCC)cn3)=C2O)S1. The molecule has 0 saturated carbocycles. The van der Waals surface area contributed by atoms with Crippen molar-refractivity contribution in [3.8, 4) is 0 Å². The minimum absolute atomic E-state index is 0.0123. The highest BCUT2D eigenvalue weighted by Crippen LogP contribution is 2.41. The van der Waals surface area contributed by atoms with Crippen LogP contribution < -0.4 is 4.90 Å². The van der Waals surface area contributed by atoms with Gasteiger partial charge < -0.3 is 10.0 Å². The average Bonchev–Trinajstić information content (AvgIpc) is 3.58. The number of aliphatic imine (C=N–C) groups is 1. The molecule has 0 radical (unpaired) electrons. The van der Waals surface area contributed by atoms with E-state index in [1.165, 1.54) is 134 Å². The Balaban J connectivity index is 1.55. The number of unbranched alkanes of at least 4 members (excludes halogenated alkanes) is 19. The zero-order chi connectivity index (χ0) is 35.1. The number of anilines is 1. The number of ketones is 1. The Labute approximate surface area is 303 Å². The van der Waals surface area contributed by atoms with E-state index in [1.807, 2.05) is 6.21 Å². The van der Waals surface area contributed by atoms with Crippen molar-refractivity contribution in [1.29, 1.82) is 0 Å². The van der Waals surface area contributed by atoms with Crippen molar-refractivity contribution in [2.24, 2.45) is 4.99 Å². The van der Waals surface area contributed by atoms with Crippen LogP contribution in [0, 0.1) is 0 Å². The summed E-state index contributed by atoms with van der Waals surface area (Å²) < 4.78 is 2.34. The molecule has 0 bridgehead atoms. The molecule has 1 aliphatic carbocycles. The number of hydrogen-bond donors (Lipinski definition) is 1. The van der Waals surface area contributed by atoms with E-state index in [0.717, 1.165) is 56.3 Å². The van der Waals surface area contributed by atoms with Gasteiger partial charge in [0.25, 0.3) is 5.04 Å². The Bertz CT molecular complexity index is 1220. The van der Waals surface area contributed by atoms with Gasteiger partial charge in [0.1, 0.15) is 35.9 Å². The summed E-state index contributed by atoms with van der Waals surface area (Å²) in [5.41, 5.74) is 0.990. The fourth-order valence-corrected chi connectivity index (χ4v) is 7.75. The van der Waals surface area contributed by atoms with Gasteiger partial charge in [-0.15, -0.1) is 0 Å². The number of thioether (sulfide) groups is 1. The summed E-state index contributed by atoms with van der Waals surface area (Å²) >= 11 is 1.49. The van der Waals surface area contributed by atoms with Crippen molar-refractivity contribution in [2.45, 2.75) is 169 Å². The second kappa shape index (κ2) is 24.6. The van der Waals surface area contributed by atoms with Gasteiger partial charge in [-0.05, 0) is 26.2 Å². The Hall–Kier alpha value is -2.48. The number of carbonyl (C=O) groups excluding carboxylic acids is 1. The van der Waals surface area contributed by atoms with E-state index in [9.17, 15) is 9.90 Å². The number of aromatic nitrogens is 2. The summed E-state index contributed by atoms with van der Waals surface area (Å²) in [6.45, 7) is 12.8. The third kappa shape index (κ3) is 14.0. The Morgan fingerprint density at radius 2 is 1.16 bits per heavy atom. The highest BCUT2D eigenvalue weighted by atomic mass is 32.2. The van der Waals surface area contributed by atoms with Crippen LogP contribution in [0.5, 0.6) is 0 Å². The molecule has 7 nitrogen and oxygen atoms in total. The molecule has 2 aliphatic rings. The van der Waals surface area contributed by atoms with E-state index in [1.54, 1.807) is 12.4 Å². The predicted molar refractivity (Wildman–Crippen MR) is 211 cm³/mol. The monoisotopic (exact) mass is 695 g/mol. The second-order valence-electron chi connectivity index (χ2n) is 14.0. The third-order valence-corrected chi connectivity index (χ3v) is 11.0. The molecule has 0 saturated heterocycles. The fraction of sp³-hybridized carbons (Fsp3) is 0.732. The first-order valence-electron chi connectivity index (χ1n) is 20.2. The standard InChI is InChI=1S/C41H67N5O2S/c1-5-9-12-15-18-19-20-21-24-25-28-45(8-4)36-33-44-41(49-36)38-39(47)37(40(38)48)34-31-43-35(32-42-34)46(29-26-22-16-13-10-6-2)30-27-23-17-14-11-7-3/h31-33H,5-30H2,1-4H3/p+1. The minimum atomic E-state index is -0.200. The maximum Gasteiger partial charge on any atom is 0.259 e. The number of aliphatic hydroxyl groups excluding tert-OH is 1. The molecule has 1 aromatic heterocycles. The molecule has 0 spiro atoms. The van der Waals surface area contributed by atoms with Crippen molar-refractivity contribution < 1.29 is 14.5 Å². The summed E-state index contributed by atoms with van der Waals surface area (Å²) in [4.78, 5) is 29.6. The molecule has 0 unspecified atom stereocenters. The Morgan fingerprint density at radius 3 is 1.63 bits per heavy atom. The Kier molecular flexibility index (Phi) is 20.6. The number of Topliss-reactive ketones (excluding diaryl/α,β-unsaturated/α-hetero) is 1. The molecule has 0 aromatic carbocycles. The van der Waals surface area contributed by atoms with Gasteiger partial charge in [-0.2, -0.15) is 0 Å². The van der Waals surface area contributed by atoms with Crippen LogP contribution in [-0.4, -0.2) is 62.9 Å². The van der Waals surface area contributed by atoms with Crippen LogP contribution in [0.1, 0.15) is 175 Å². The first-order valence-corrected chi connectivity index (χ1v) is 21.0. The van der Waals surface area contributed by atoms with Gasteiger partial charge in [0.05, 0.1) is 29.2 Å². The molecule has 2 heterocycles. The molecular weight excluding hydrogens is 627 g/mol. The van der Waals surface area contributed by atoms with Crippen LogP contribution in [0.4, 0.5) is 5.82 Å². The molecule has 0 amide bonds. The molecule has 0 atom stereocenters. The Morgan fingerprint density at radius 1 is 0.653 bits per heavy atom. The topological polar surface area (TPSA) is 81.7 Å². The highest BCUT2D eigenvalue weighted by Gasteiger charge is 2.40. The average molecular weight is 695 g/mol. The zero-order valence-electron chi connectivity index (χ0n) is 31.6. The molecule has 274 valence electrons. The summed E-state index contributed by atoms with van der Waals surface area (Å²) in [7, 11) is 0. The summed E-state index contributed by atoms with van der Waals surface area (Å²) in [5, 5.41) is 12.7. The first kappa shape index (κ1) is 40.9. The lowest BCUT2D eigenvalue weighted by Crippen LogP contribution is -2.27. The van der Waals surface area contributed by atoms with Crippen LogP contribution in [0.15, 0.2) is 33.7 Å². The molecule has 0 fully saturated rings. The molecule has 49 heavy (non-hydrogen) atoms. The second-order valence-corrected chi connectivity index (χ2v) is 15.0. The lowest BCUT2D eigenvalue weighted by Gasteiger charge is -2.25. The third-order valence-electron chi connectivity index (χ3n) is 9.89. The van der Waals surface area contributed by atoms with E-state index >= 15 is 0 Å². The number of rotatable bonds is 28. The van der Waals surface area contributed by atoms with Crippen LogP contribution in [-0.2, 0) is 4.79 Å². The van der Waals surface area contributed by atoms with Crippen molar-refractivity contribution in [1.82, 2.24) is 9.97 Å². The maximum atomic E-state index is 13.3. The predicted octanol–water partition coefficient (Wildman–Crippen LogP) is 11.2. The summed E-state index contributed by atoms with van der Waals surface area (Å²) in [6.07, 6.45) is 33.6. The van der Waals surface area contributed by atoms with Gasteiger partial charge in [-0.1, -0.05) is 136 Å². The number of nitrogens with zero attached hydrogens (tertiary/aromatic N) is 5. The van der Waals surface area contributed by atoms with E-state index in [-0.39, 0.29) is 17.1 Å². The molecule has 1 aliphatic heterocycles. The summed E-state index contributed by atoms with van der Waals surface area (Å²) in [6, 6.07) is 0. The van der Waals surface area contributed by atoms with Crippen molar-refractivity contribution in [3.05, 3.63) is 34.4 Å². The lowest BCUT2D eigenvalue weighted by molar-refractivity contribution is -0.520. The van der Waals surface area contributed by atoms with Gasteiger partial charge in [-0.3, -0.25) is 9.78 Å². The van der Waals surface area contributed by atoms with Crippen LogP contribution in [0.25, 0.3) is 5.57 Å². The van der Waals surface area contributed by atoms with Crippen LogP contribution in [0.3, 0.4) is 0 Å². The molecule has 1 N–H and O–H groups in total. The molecular formula is C41H68N5O2S+. The van der Waals surface area contributed by atoms with Crippen molar-refractivity contribution in [2.75, 3.05) is 31.1 Å². The van der Waals surface area contributed by atoms with Crippen molar-refractivity contribution in [3.63, 3.8) is 0 Å². The van der Waals surface area contributed by atoms with Gasteiger partial charge >= 0.3 is 0 Å². The smallest absolute Gasteiger partial charge is 0.259 e. The molecule has 3 rings (SSSR count). The van der Waals surface area contributed by atoms with Crippen LogP contribution >= 0.6 is 11.8 Å². The van der Waals surface area contributed by atoms with Crippen LogP contribution in [0.2, 0.25) is 0 Å². The van der Waals surface area contributed by atoms with Gasteiger partial charge in [-0.25, -0.2) is 14.6 Å². The lowest BCUT2D eigenvalue weighted by atomic mass is 9.87. The van der Waals surface area contributed by atoms with Gasteiger partial charge in [0.2, 0.25) is 5.78 Å². The van der Waals surface area contributed by atoms with E-state index in [2.05, 4.69) is 47.1 Å². The van der Waals surface area contributed by atoms with Gasteiger partial charge in [0, 0.05) is 31.3 Å². The normalized spacial score (nSPS) is 16.9. The number of aliphatic hydroxyl groups is 1. The number of carbonyl (C=O) groups is 1. The number of allylic oxidation sites excluding steroid dienone is 2. The van der Waals surface area contributed by atoms with E-state index in [4.69, 9.17) is 4.98 Å². The minimum Gasteiger partial charge on any atom is -0.506 e. The molecule has 8 heteroatoms. The maximum absolute atomic E-state index is 13.3. The first-order chi connectivity index (χ1) is 24.0. The summed E-state index contributed by atoms with van der Waals surface area (Å²) in [5.74, 6) is 0.643. The number of hydrogen-bond acceptors (Lipinski definition) is 7.